The first-order chi connectivity index (χ1) is 19.3. The van der Waals surface area contributed by atoms with Crippen molar-refractivity contribution in [2.75, 3.05) is 23.0 Å². The average Bonchev–Trinajstić information content (AvgIpc) is 2.89. The highest BCUT2D eigenvalue weighted by Crippen LogP contribution is 2.37. The van der Waals surface area contributed by atoms with Crippen LogP contribution in [0.4, 0.5) is 23.3 Å². The monoisotopic (exact) mass is 645 g/mol. The summed E-state index contributed by atoms with van der Waals surface area (Å²) in [5.41, 5.74) is 1.30. The largest absolute Gasteiger partial charge is 0.507 e. The average molecular weight is 646 g/mol. The summed E-state index contributed by atoms with van der Waals surface area (Å²) in [6, 6.07) is 12.3. The van der Waals surface area contributed by atoms with Gasteiger partial charge in [-0.05, 0) is 66.4 Å². The first-order valence-electron chi connectivity index (χ1n) is 11.2. The van der Waals surface area contributed by atoms with Gasteiger partial charge < -0.3 is 15.7 Å². The summed E-state index contributed by atoms with van der Waals surface area (Å²) in [6.45, 7) is 0.907. The van der Waals surface area contributed by atoms with E-state index in [-0.39, 0.29) is 33.5 Å². The van der Waals surface area contributed by atoms with Gasteiger partial charge in [0.2, 0.25) is 17.2 Å². The highest BCUT2D eigenvalue weighted by atomic mass is 35.5. The molecule has 0 saturated carbocycles. The van der Waals surface area contributed by atoms with E-state index in [4.69, 9.17) is 21.4 Å². The quantitative estimate of drug-likeness (QED) is 0.0630. The zero-order valence-corrected chi connectivity index (χ0v) is 23.9. The normalized spacial score (nSPS) is 12.0. The van der Waals surface area contributed by atoms with Crippen molar-refractivity contribution < 1.29 is 45.3 Å². The van der Waals surface area contributed by atoms with Crippen LogP contribution in [0.25, 0.3) is 10.8 Å². The van der Waals surface area contributed by atoms with Gasteiger partial charge in [-0.25, -0.2) is 17.9 Å². The van der Waals surface area contributed by atoms with Gasteiger partial charge in [0, 0.05) is 27.2 Å². The van der Waals surface area contributed by atoms with Crippen molar-refractivity contribution in [3.05, 3.63) is 59.4 Å². The van der Waals surface area contributed by atoms with Crippen LogP contribution in [-0.4, -0.2) is 59.1 Å². The van der Waals surface area contributed by atoms with Crippen molar-refractivity contribution >= 4 is 77.9 Å². The van der Waals surface area contributed by atoms with Crippen LogP contribution in [0.2, 0.25) is 5.28 Å². The molecule has 0 aliphatic carbocycles. The van der Waals surface area contributed by atoms with Crippen molar-refractivity contribution in [2.24, 2.45) is 0 Å². The maximum Gasteiger partial charge on any atom is 0.397 e. The van der Waals surface area contributed by atoms with Crippen molar-refractivity contribution in [1.29, 1.82) is 0 Å². The molecule has 3 aromatic carbocycles. The molecule has 0 saturated heterocycles. The zero-order valence-electron chi connectivity index (χ0n) is 20.7. The summed E-state index contributed by atoms with van der Waals surface area (Å²) in [7, 11) is -8.74. The fraction of sp³-hybridized carbons (Fsp3) is 0.136. The van der Waals surface area contributed by atoms with Crippen LogP contribution in [0, 0.1) is 6.92 Å². The topological polar surface area (TPSA) is 219 Å². The Hall–Kier alpha value is -3.33. The van der Waals surface area contributed by atoms with Crippen LogP contribution in [0.5, 0.6) is 5.75 Å². The summed E-state index contributed by atoms with van der Waals surface area (Å²) >= 11 is 6.79. The predicted octanol–water partition coefficient (Wildman–Crippen LogP) is 4.20. The number of hydrogen-bond acceptors (Lipinski definition) is 15. The summed E-state index contributed by atoms with van der Waals surface area (Å²) in [6.07, 6.45) is 0. The molecule has 218 valence electrons. The smallest absolute Gasteiger partial charge is 0.397 e. The third-order valence-electron chi connectivity index (χ3n) is 5.37. The lowest BCUT2D eigenvalue weighted by Gasteiger charge is -2.12. The number of aromatic nitrogens is 3. The van der Waals surface area contributed by atoms with Gasteiger partial charge in [-0.1, -0.05) is 11.1 Å². The van der Waals surface area contributed by atoms with Gasteiger partial charge in [0.05, 0.1) is 29.3 Å². The van der Waals surface area contributed by atoms with E-state index in [1.54, 1.807) is 31.2 Å². The molecule has 4 rings (SSSR count). The molecule has 0 unspecified atom stereocenters. The molecular formula is C22H20ClN5O10S3. The summed E-state index contributed by atoms with van der Waals surface area (Å²) in [5, 5.41) is 29.4. The van der Waals surface area contributed by atoms with Crippen LogP contribution < -0.4 is 10.6 Å². The van der Waals surface area contributed by atoms with E-state index in [2.05, 4.69) is 39.1 Å². The molecule has 0 fully saturated rings. The number of rotatable bonds is 12. The zero-order chi connectivity index (χ0) is 29.8. The Morgan fingerprint density at radius 3 is 2.32 bits per heavy atom. The molecule has 0 aliphatic rings. The first-order valence-corrected chi connectivity index (χ1v) is 15.3. The Morgan fingerprint density at radius 1 is 0.976 bits per heavy atom. The van der Waals surface area contributed by atoms with Crippen LogP contribution in [-0.2, 0) is 33.8 Å². The van der Waals surface area contributed by atoms with Crippen LogP contribution in [0.1, 0.15) is 5.56 Å². The predicted molar refractivity (Wildman–Crippen MR) is 148 cm³/mol. The van der Waals surface area contributed by atoms with Crippen molar-refractivity contribution in [2.45, 2.75) is 16.7 Å². The maximum atomic E-state index is 12.5. The second kappa shape index (κ2) is 12.7. The number of nitrogens with one attached hydrogen (secondary N) is 2. The van der Waals surface area contributed by atoms with Gasteiger partial charge in [-0.15, -0.1) is 4.33 Å². The highest BCUT2D eigenvalue weighted by molar-refractivity contribution is 7.94. The molecule has 5 N–H and O–H groups in total. The third-order valence-corrected chi connectivity index (χ3v) is 8.41. The Labute approximate surface area is 242 Å². The Kier molecular flexibility index (Phi) is 9.47. The second-order valence-electron chi connectivity index (χ2n) is 8.11. The number of aromatic hydroxyl groups is 1. The lowest BCUT2D eigenvalue weighted by molar-refractivity contribution is -0.432. The van der Waals surface area contributed by atoms with E-state index in [1.165, 1.54) is 24.3 Å². The lowest BCUT2D eigenvalue weighted by atomic mass is 10.1. The van der Waals surface area contributed by atoms with E-state index in [1.807, 2.05) is 0 Å². The molecule has 0 bridgehead atoms. The van der Waals surface area contributed by atoms with Crippen molar-refractivity contribution in [3.63, 3.8) is 0 Å². The van der Waals surface area contributed by atoms with E-state index >= 15 is 0 Å². The molecular weight excluding hydrogens is 626 g/mol. The molecule has 0 radical (unpaired) electrons. The number of phenolic OH excluding ortho intramolecular Hbond substituents is 1. The standard InChI is InChI=1S/C22H20ClN5O10S3/c1-12-18(39-38-37-30)10-13-9-15(5-6-17(13)19(12)29)25-22-27-20(23)26-21(28-22)24-14-3-2-4-16(11-14)40(31,32)8-7-36-41(33,34)35/h2-6,9-11,29-30H,7-8H2,1H3,(H,33,34,35)(H2,24,25,26,27,28). The molecule has 0 amide bonds. The van der Waals surface area contributed by atoms with Crippen LogP contribution >= 0.6 is 23.6 Å². The van der Waals surface area contributed by atoms with Gasteiger partial charge in [0.15, 0.2) is 9.84 Å². The number of nitrogens with zero attached hydrogens (tertiary/aromatic N) is 3. The van der Waals surface area contributed by atoms with Gasteiger partial charge in [-0.3, -0.25) is 4.55 Å². The van der Waals surface area contributed by atoms with Gasteiger partial charge >= 0.3 is 10.4 Å². The molecule has 1 aromatic heterocycles. The fourth-order valence-corrected chi connectivity index (χ4v) is 5.73. The number of hydrogen-bond donors (Lipinski definition) is 5. The van der Waals surface area contributed by atoms with E-state index in [9.17, 15) is 21.9 Å². The number of sulfone groups is 1. The number of benzene rings is 3. The summed E-state index contributed by atoms with van der Waals surface area (Å²) in [4.78, 5) is 12.6. The van der Waals surface area contributed by atoms with Crippen molar-refractivity contribution in [3.8, 4) is 5.75 Å². The summed E-state index contributed by atoms with van der Waals surface area (Å²) < 4.78 is 63.6. The minimum atomic E-state index is -4.78. The minimum absolute atomic E-state index is 0.0167. The molecule has 0 spiro atoms. The molecule has 19 heteroatoms. The summed E-state index contributed by atoms with van der Waals surface area (Å²) in [5.74, 6) is -0.664. The van der Waals surface area contributed by atoms with E-state index < -0.39 is 32.6 Å². The molecule has 4 aromatic rings. The minimum Gasteiger partial charge on any atom is -0.507 e. The Bertz CT molecular complexity index is 1810. The molecule has 15 nitrogen and oxygen atoms in total. The Morgan fingerprint density at radius 2 is 1.66 bits per heavy atom. The molecule has 0 atom stereocenters. The molecule has 1 heterocycles. The number of anilines is 4. The number of fused-ring (bicyclic) bond motifs is 1. The van der Waals surface area contributed by atoms with Crippen LogP contribution in [0.15, 0.2) is 58.3 Å². The van der Waals surface area contributed by atoms with Gasteiger partial charge in [0.25, 0.3) is 0 Å². The second-order valence-corrected chi connectivity index (χ2v) is 12.4. The van der Waals surface area contributed by atoms with Crippen molar-refractivity contribution in [1.82, 2.24) is 15.0 Å². The van der Waals surface area contributed by atoms with Gasteiger partial charge in [-0.2, -0.15) is 23.4 Å². The Balaban J connectivity index is 1.54. The number of halogens is 1. The van der Waals surface area contributed by atoms with E-state index in [0.717, 1.165) is 0 Å². The fourth-order valence-electron chi connectivity index (χ4n) is 3.54. The van der Waals surface area contributed by atoms with E-state index in [0.29, 0.717) is 39.0 Å². The number of phenols is 1. The SMILES string of the molecule is Cc1c(SOOO)cc2cc(Nc3nc(Cl)nc(Nc4cccc(S(=O)(=O)CCOS(=O)(=O)O)c4)n3)ccc2c1O. The first kappa shape index (κ1) is 30.6. The maximum absolute atomic E-state index is 12.5. The molecule has 41 heavy (non-hydrogen) atoms. The third kappa shape index (κ3) is 8.12. The van der Waals surface area contributed by atoms with Gasteiger partial charge in [0.1, 0.15) is 5.75 Å². The lowest BCUT2D eigenvalue weighted by Crippen LogP contribution is -2.15. The highest BCUT2D eigenvalue weighted by Gasteiger charge is 2.18. The molecule has 0 aliphatic heterocycles. The van der Waals surface area contributed by atoms with Crippen LogP contribution in [0.3, 0.4) is 0 Å².